The third-order valence-electron chi connectivity index (χ3n) is 4.29. The Labute approximate surface area is 180 Å². The van der Waals surface area contributed by atoms with Crippen molar-refractivity contribution in [1.29, 1.82) is 0 Å². The van der Waals surface area contributed by atoms with Crippen molar-refractivity contribution in [2.75, 3.05) is 32.8 Å². The Bertz CT molecular complexity index is 489. The summed E-state index contributed by atoms with van der Waals surface area (Å²) in [6, 6.07) is 3.92. The van der Waals surface area contributed by atoms with Gasteiger partial charge in [-0.15, -0.1) is 24.0 Å². The summed E-state index contributed by atoms with van der Waals surface area (Å²) in [5, 5.41) is 6.82. The lowest BCUT2D eigenvalue weighted by Crippen LogP contribution is -2.40. The van der Waals surface area contributed by atoms with E-state index in [1.807, 2.05) is 12.1 Å². The van der Waals surface area contributed by atoms with Crippen LogP contribution in [0.5, 0.6) is 0 Å². The van der Waals surface area contributed by atoms with E-state index in [4.69, 9.17) is 18.9 Å². The number of halogens is 1. The summed E-state index contributed by atoms with van der Waals surface area (Å²) >= 11 is 0. The number of nitrogens with one attached hydrogen (secondary N) is 2. The Morgan fingerprint density at radius 3 is 2.81 bits per heavy atom. The third kappa shape index (κ3) is 11.6. The van der Waals surface area contributed by atoms with Crippen LogP contribution in [-0.4, -0.2) is 51.0 Å². The van der Waals surface area contributed by atoms with E-state index in [0.29, 0.717) is 12.6 Å². The molecule has 1 saturated heterocycles. The molecular weight excluding hydrogens is 457 g/mol. The summed E-state index contributed by atoms with van der Waals surface area (Å²) in [7, 11) is 0. The number of hydrogen-bond acceptors (Lipinski definition) is 4. The Balaban J connectivity index is 0.00000364. The average Bonchev–Trinajstić information content (AvgIpc) is 3.16. The first-order valence-corrected chi connectivity index (χ1v) is 10.0. The van der Waals surface area contributed by atoms with Crippen LogP contribution in [0.4, 0.5) is 0 Å². The summed E-state index contributed by atoms with van der Waals surface area (Å²) in [4.78, 5) is 4.72. The van der Waals surface area contributed by atoms with Crippen molar-refractivity contribution < 1.29 is 13.9 Å². The van der Waals surface area contributed by atoms with Gasteiger partial charge in [-0.3, -0.25) is 4.99 Å². The number of aliphatic imine (C=N–C) groups is 1. The molecule has 7 heteroatoms. The predicted molar refractivity (Wildman–Crippen MR) is 120 cm³/mol. The summed E-state index contributed by atoms with van der Waals surface area (Å²) in [6.07, 6.45) is 8.75. The highest BCUT2D eigenvalue weighted by atomic mass is 127. The number of ether oxygens (including phenoxy) is 2. The highest BCUT2D eigenvalue weighted by molar-refractivity contribution is 14.0. The second-order valence-electron chi connectivity index (χ2n) is 6.99. The van der Waals surface area contributed by atoms with Gasteiger partial charge in [0, 0.05) is 32.7 Å². The van der Waals surface area contributed by atoms with E-state index in [9.17, 15) is 0 Å². The maximum atomic E-state index is 5.78. The van der Waals surface area contributed by atoms with Crippen LogP contribution in [0.25, 0.3) is 0 Å². The van der Waals surface area contributed by atoms with Crippen molar-refractivity contribution in [3.05, 3.63) is 24.2 Å². The molecule has 156 valence electrons. The van der Waals surface area contributed by atoms with Gasteiger partial charge in [0.05, 0.1) is 25.0 Å². The van der Waals surface area contributed by atoms with E-state index in [2.05, 4.69) is 24.5 Å². The first kappa shape index (κ1) is 24.2. The lowest BCUT2D eigenvalue weighted by Gasteiger charge is -2.21. The Morgan fingerprint density at radius 2 is 2.11 bits per heavy atom. The zero-order chi connectivity index (χ0) is 18.5. The van der Waals surface area contributed by atoms with Gasteiger partial charge >= 0.3 is 0 Å². The smallest absolute Gasteiger partial charge is 0.191 e. The quantitative estimate of drug-likeness (QED) is 0.213. The van der Waals surface area contributed by atoms with Crippen LogP contribution in [-0.2, 0) is 15.9 Å². The van der Waals surface area contributed by atoms with E-state index in [1.165, 1.54) is 12.8 Å². The molecule has 0 aromatic carbocycles. The topological polar surface area (TPSA) is 68.0 Å². The van der Waals surface area contributed by atoms with Crippen molar-refractivity contribution in [1.82, 2.24) is 10.6 Å². The fourth-order valence-corrected chi connectivity index (χ4v) is 2.83. The molecular formula is C20H36IN3O3. The zero-order valence-corrected chi connectivity index (χ0v) is 19.1. The molecule has 2 N–H and O–H groups in total. The van der Waals surface area contributed by atoms with Crippen molar-refractivity contribution >= 4 is 29.9 Å². The fourth-order valence-electron chi connectivity index (χ4n) is 2.83. The van der Waals surface area contributed by atoms with Gasteiger partial charge in [0.25, 0.3) is 0 Å². The van der Waals surface area contributed by atoms with Gasteiger partial charge in [0.1, 0.15) is 5.76 Å². The molecule has 2 rings (SSSR count). The summed E-state index contributed by atoms with van der Waals surface area (Å²) < 4.78 is 16.7. The molecule has 1 atom stereocenters. The van der Waals surface area contributed by atoms with Crippen LogP contribution in [0.3, 0.4) is 0 Å². The van der Waals surface area contributed by atoms with Gasteiger partial charge in [0.15, 0.2) is 5.96 Å². The SMILES string of the molecule is CC(C)OCCCCNC(=NCC1CCCCO1)NCCc1ccco1.I. The van der Waals surface area contributed by atoms with Crippen molar-refractivity contribution in [3.8, 4) is 0 Å². The van der Waals surface area contributed by atoms with E-state index >= 15 is 0 Å². The van der Waals surface area contributed by atoms with Gasteiger partial charge in [-0.25, -0.2) is 0 Å². The number of rotatable bonds is 11. The molecule has 27 heavy (non-hydrogen) atoms. The molecule has 0 amide bonds. The van der Waals surface area contributed by atoms with Crippen LogP contribution in [0.2, 0.25) is 0 Å². The van der Waals surface area contributed by atoms with Crippen LogP contribution in [0.15, 0.2) is 27.8 Å². The molecule has 6 nitrogen and oxygen atoms in total. The number of guanidine groups is 1. The second-order valence-corrected chi connectivity index (χ2v) is 6.99. The lowest BCUT2D eigenvalue weighted by molar-refractivity contribution is 0.0224. The summed E-state index contributed by atoms with van der Waals surface area (Å²) in [6.45, 7) is 8.21. The molecule has 1 aliphatic rings. The van der Waals surface area contributed by atoms with Gasteiger partial charge in [-0.1, -0.05) is 0 Å². The molecule has 0 saturated carbocycles. The minimum absolute atomic E-state index is 0. The number of unbranched alkanes of at least 4 members (excludes halogenated alkanes) is 1. The van der Waals surface area contributed by atoms with Crippen molar-refractivity contribution in [2.24, 2.45) is 4.99 Å². The molecule has 1 aromatic heterocycles. The lowest BCUT2D eigenvalue weighted by atomic mass is 10.1. The van der Waals surface area contributed by atoms with E-state index in [1.54, 1.807) is 6.26 Å². The first-order valence-electron chi connectivity index (χ1n) is 10.0. The van der Waals surface area contributed by atoms with Crippen molar-refractivity contribution in [2.45, 2.75) is 64.6 Å². The van der Waals surface area contributed by atoms with Crippen LogP contribution in [0, 0.1) is 0 Å². The summed E-state index contributed by atoms with van der Waals surface area (Å²) in [5.74, 6) is 1.84. The Morgan fingerprint density at radius 1 is 1.26 bits per heavy atom. The largest absolute Gasteiger partial charge is 0.469 e. The fraction of sp³-hybridized carbons (Fsp3) is 0.750. The highest BCUT2D eigenvalue weighted by Crippen LogP contribution is 2.12. The normalized spacial score (nSPS) is 17.6. The molecule has 2 heterocycles. The first-order chi connectivity index (χ1) is 12.7. The zero-order valence-electron chi connectivity index (χ0n) is 16.7. The maximum Gasteiger partial charge on any atom is 0.191 e. The van der Waals surface area contributed by atoms with E-state index in [-0.39, 0.29) is 30.1 Å². The molecule has 1 aliphatic heterocycles. The molecule has 0 radical (unpaired) electrons. The highest BCUT2D eigenvalue weighted by Gasteiger charge is 2.13. The molecule has 1 fully saturated rings. The van der Waals surface area contributed by atoms with Gasteiger partial charge in [0.2, 0.25) is 0 Å². The van der Waals surface area contributed by atoms with E-state index in [0.717, 1.165) is 63.7 Å². The standard InChI is InChI=1S/C20H35N3O3.HI/c1-17(2)24-13-6-4-11-21-20(22-12-10-18-9-7-15-25-18)23-16-19-8-3-5-14-26-19;/h7,9,15,17,19H,3-6,8,10-14,16H2,1-2H3,(H2,21,22,23);1H. The summed E-state index contributed by atoms with van der Waals surface area (Å²) in [5.41, 5.74) is 0. The van der Waals surface area contributed by atoms with Crippen LogP contribution in [0.1, 0.15) is 51.7 Å². The molecule has 1 aromatic rings. The molecule has 0 aliphatic carbocycles. The van der Waals surface area contributed by atoms with Crippen molar-refractivity contribution in [3.63, 3.8) is 0 Å². The average molecular weight is 493 g/mol. The predicted octanol–water partition coefficient (Wildman–Crippen LogP) is 3.75. The number of nitrogens with zero attached hydrogens (tertiary/aromatic N) is 1. The number of hydrogen-bond donors (Lipinski definition) is 2. The van der Waals surface area contributed by atoms with Gasteiger partial charge in [-0.2, -0.15) is 0 Å². The third-order valence-corrected chi connectivity index (χ3v) is 4.29. The molecule has 1 unspecified atom stereocenters. The maximum absolute atomic E-state index is 5.78. The Kier molecular flexibility index (Phi) is 13.6. The molecule has 0 spiro atoms. The molecule has 0 bridgehead atoms. The number of furan rings is 1. The van der Waals surface area contributed by atoms with Gasteiger partial charge in [-0.05, 0) is 58.1 Å². The van der Waals surface area contributed by atoms with Crippen LogP contribution < -0.4 is 10.6 Å². The van der Waals surface area contributed by atoms with Crippen LogP contribution >= 0.6 is 24.0 Å². The Hall–Kier alpha value is -0.800. The monoisotopic (exact) mass is 493 g/mol. The second kappa shape index (κ2) is 15.2. The minimum atomic E-state index is 0. The minimum Gasteiger partial charge on any atom is -0.469 e. The van der Waals surface area contributed by atoms with E-state index < -0.39 is 0 Å². The van der Waals surface area contributed by atoms with Gasteiger partial charge < -0.3 is 24.5 Å².